The van der Waals surface area contributed by atoms with Crippen molar-refractivity contribution in [2.24, 2.45) is 0 Å². The molecule has 20 heavy (non-hydrogen) atoms. The average Bonchev–Trinajstić information content (AvgIpc) is 2.88. The van der Waals surface area contributed by atoms with Crippen LogP contribution in [0.5, 0.6) is 0 Å². The monoisotopic (exact) mass is 274 g/mol. The summed E-state index contributed by atoms with van der Waals surface area (Å²) < 4.78 is 6.00. The smallest absolute Gasteiger partial charge is 0.134 e. The van der Waals surface area contributed by atoms with Crippen molar-refractivity contribution in [2.75, 3.05) is 26.7 Å². The fraction of sp³-hybridized carbons (Fsp3) is 0.529. The zero-order chi connectivity index (χ0) is 14.4. The van der Waals surface area contributed by atoms with Crippen molar-refractivity contribution in [3.63, 3.8) is 0 Å². The Morgan fingerprint density at radius 2 is 2.05 bits per heavy atom. The van der Waals surface area contributed by atoms with Gasteiger partial charge in [0.15, 0.2) is 0 Å². The molecule has 2 rings (SSSR count). The predicted molar refractivity (Wildman–Crippen MR) is 85.0 cm³/mol. The second kappa shape index (κ2) is 7.46. The minimum absolute atomic E-state index is 0.259. The summed E-state index contributed by atoms with van der Waals surface area (Å²) in [5.41, 5.74) is 0.974. The van der Waals surface area contributed by atoms with Crippen molar-refractivity contribution in [3.8, 4) is 0 Å². The van der Waals surface area contributed by atoms with E-state index < -0.39 is 0 Å². The predicted octanol–water partition coefficient (Wildman–Crippen LogP) is 3.82. The fourth-order valence-corrected chi connectivity index (χ4v) is 2.51. The summed E-state index contributed by atoms with van der Waals surface area (Å²) >= 11 is 0. The molecule has 0 saturated heterocycles. The van der Waals surface area contributed by atoms with E-state index in [1.807, 2.05) is 12.1 Å². The molecule has 0 saturated carbocycles. The molecule has 0 aliphatic carbocycles. The number of hydrogen-bond acceptors (Lipinski definition) is 3. The van der Waals surface area contributed by atoms with E-state index in [0.717, 1.165) is 31.0 Å². The zero-order valence-corrected chi connectivity index (χ0v) is 12.9. The molecule has 1 unspecified atom stereocenters. The number of hydrogen-bond donors (Lipinski definition) is 1. The highest BCUT2D eigenvalue weighted by molar-refractivity contribution is 5.77. The molecule has 0 bridgehead atoms. The highest BCUT2D eigenvalue weighted by atomic mass is 16.3. The number of rotatable bonds is 8. The van der Waals surface area contributed by atoms with Crippen LogP contribution in [-0.4, -0.2) is 31.6 Å². The van der Waals surface area contributed by atoms with Crippen LogP contribution in [0.3, 0.4) is 0 Å². The van der Waals surface area contributed by atoms with E-state index in [4.69, 9.17) is 4.42 Å². The second-order valence-corrected chi connectivity index (χ2v) is 5.41. The Hall–Kier alpha value is -1.32. The minimum Gasteiger partial charge on any atom is -0.459 e. The van der Waals surface area contributed by atoms with Crippen molar-refractivity contribution in [1.82, 2.24) is 10.2 Å². The third kappa shape index (κ3) is 3.84. The topological polar surface area (TPSA) is 28.4 Å². The summed E-state index contributed by atoms with van der Waals surface area (Å²) in [6.07, 6.45) is 2.48. The molecule has 3 nitrogen and oxygen atoms in total. The first-order chi connectivity index (χ1) is 9.74. The maximum absolute atomic E-state index is 6.00. The number of nitrogens with zero attached hydrogens (tertiary/aromatic N) is 1. The first kappa shape index (κ1) is 15.1. The number of para-hydroxylation sites is 1. The van der Waals surface area contributed by atoms with Crippen LogP contribution < -0.4 is 5.32 Å². The van der Waals surface area contributed by atoms with Crippen LogP contribution in [0.1, 0.15) is 38.5 Å². The third-order valence-electron chi connectivity index (χ3n) is 3.63. The Kier molecular flexibility index (Phi) is 5.62. The minimum atomic E-state index is 0.259. The Morgan fingerprint density at radius 3 is 2.75 bits per heavy atom. The summed E-state index contributed by atoms with van der Waals surface area (Å²) in [5, 5.41) is 4.71. The Balaban J connectivity index is 2.10. The van der Waals surface area contributed by atoms with Gasteiger partial charge in [0.1, 0.15) is 11.3 Å². The molecule has 0 amide bonds. The second-order valence-electron chi connectivity index (χ2n) is 5.41. The van der Waals surface area contributed by atoms with Gasteiger partial charge in [0.05, 0.1) is 6.04 Å². The fourth-order valence-electron chi connectivity index (χ4n) is 2.51. The molecular formula is C17H26N2O. The number of benzene rings is 1. The normalized spacial score (nSPS) is 13.2. The van der Waals surface area contributed by atoms with Crippen LogP contribution in [0.25, 0.3) is 11.0 Å². The molecule has 110 valence electrons. The molecule has 1 aromatic carbocycles. The summed E-state index contributed by atoms with van der Waals surface area (Å²) in [5.74, 6) is 1.04. The van der Waals surface area contributed by atoms with E-state index in [2.05, 4.69) is 49.3 Å². The Morgan fingerprint density at radius 1 is 1.25 bits per heavy atom. The van der Waals surface area contributed by atoms with E-state index in [9.17, 15) is 0 Å². The number of fused-ring (bicyclic) bond motifs is 1. The molecule has 1 atom stereocenters. The molecule has 0 aliphatic heterocycles. The zero-order valence-electron chi connectivity index (χ0n) is 12.9. The standard InChI is InChI=1S/C17H26N2O/c1-4-6-11-19(3)13-15(18-5-2)17-12-14-9-7-8-10-16(14)20-17/h7-10,12,15,18H,4-6,11,13H2,1-3H3. The summed E-state index contributed by atoms with van der Waals surface area (Å²) in [4.78, 5) is 2.38. The van der Waals surface area contributed by atoms with Gasteiger partial charge in [-0.3, -0.25) is 0 Å². The summed E-state index contributed by atoms with van der Waals surface area (Å²) in [6.45, 7) is 7.44. The van der Waals surface area contributed by atoms with Crippen molar-refractivity contribution in [1.29, 1.82) is 0 Å². The number of furan rings is 1. The van der Waals surface area contributed by atoms with Gasteiger partial charge in [-0.25, -0.2) is 0 Å². The van der Waals surface area contributed by atoms with Gasteiger partial charge in [-0.05, 0) is 38.7 Å². The number of unbranched alkanes of at least 4 members (excludes halogenated alkanes) is 1. The molecule has 0 radical (unpaired) electrons. The number of likely N-dealkylation sites (N-methyl/N-ethyl adjacent to an activating group) is 2. The SMILES string of the molecule is CCCCN(C)CC(NCC)c1cc2ccccc2o1. The van der Waals surface area contributed by atoms with Crippen molar-refractivity contribution >= 4 is 11.0 Å². The van der Waals surface area contributed by atoms with Crippen molar-refractivity contribution < 1.29 is 4.42 Å². The molecule has 1 aromatic heterocycles. The highest BCUT2D eigenvalue weighted by Gasteiger charge is 2.17. The lowest BCUT2D eigenvalue weighted by Crippen LogP contribution is -2.33. The van der Waals surface area contributed by atoms with Gasteiger partial charge < -0.3 is 14.6 Å². The van der Waals surface area contributed by atoms with Crippen LogP contribution >= 0.6 is 0 Å². The molecule has 2 aromatic rings. The first-order valence-electron chi connectivity index (χ1n) is 7.65. The average molecular weight is 274 g/mol. The van der Waals surface area contributed by atoms with Gasteiger partial charge in [0.2, 0.25) is 0 Å². The lowest BCUT2D eigenvalue weighted by molar-refractivity contribution is 0.271. The molecule has 0 fully saturated rings. The van der Waals surface area contributed by atoms with Crippen LogP contribution in [0, 0.1) is 0 Å². The molecule has 3 heteroatoms. The van der Waals surface area contributed by atoms with Gasteiger partial charge in [-0.2, -0.15) is 0 Å². The Labute approximate surface area is 122 Å². The summed E-state index contributed by atoms with van der Waals surface area (Å²) in [7, 11) is 2.18. The molecule has 0 spiro atoms. The molecule has 1 heterocycles. The van der Waals surface area contributed by atoms with Crippen LogP contribution in [0.15, 0.2) is 34.7 Å². The van der Waals surface area contributed by atoms with E-state index >= 15 is 0 Å². The quantitative estimate of drug-likeness (QED) is 0.793. The molecule has 0 aliphatic rings. The van der Waals surface area contributed by atoms with E-state index in [0.29, 0.717) is 0 Å². The van der Waals surface area contributed by atoms with Crippen LogP contribution in [-0.2, 0) is 0 Å². The molecular weight excluding hydrogens is 248 g/mol. The van der Waals surface area contributed by atoms with E-state index in [1.165, 1.54) is 18.2 Å². The van der Waals surface area contributed by atoms with Crippen molar-refractivity contribution in [3.05, 3.63) is 36.1 Å². The third-order valence-corrected chi connectivity index (χ3v) is 3.63. The Bertz CT molecular complexity index is 487. The highest BCUT2D eigenvalue weighted by Crippen LogP contribution is 2.24. The lowest BCUT2D eigenvalue weighted by Gasteiger charge is -2.23. The van der Waals surface area contributed by atoms with Gasteiger partial charge in [-0.1, -0.05) is 38.5 Å². The van der Waals surface area contributed by atoms with Gasteiger partial charge >= 0.3 is 0 Å². The van der Waals surface area contributed by atoms with Crippen molar-refractivity contribution in [2.45, 2.75) is 32.7 Å². The van der Waals surface area contributed by atoms with E-state index in [1.54, 1.807) is 0 Å². The van der Waals surface area contributed by atoms with Gasteiger partial charge in [0.25, 0.3) is 0 Å². The van der Waals surface area contributed by atoms with Crippen LogP contribution in [0.2, 0.25) is 0 Å². The number of nitrogens with one attached hydrogen (secondary N) is 1. The van der Waals surface area contributed by atoms with Gasteiger partial charge in [0, 0.05) is 11.9 Å². The maximum Gasteiger partial charge on any atom is 0.134 e. The maximum atomic E-state index is 6.00. The molecule has 1 N–H and O–H groups in total. The largest absolute Gasteiger partial charge is 0.459 e. The summed E-state index contributed by atoms with van der Waals surface area (Å²) in [6, 6.07) is 10.6. The van der Waals surface area contributed by atoms with E-state index in [-0.39, 0.29) is 6.04 Å². The van der Waals surface area contributed by atoms with Gasteiger partial charge in [-0.15, -0.1) is 0 Å². The first-order valence-corrected chi connectivity index (χ1v) is 7.65. The lowest BCUT2D eigenvalue weighted by atomic mass is 10.1. The van der Waals surface area contributed by atoms with Crippen LogP contribution in [0.4, 0.5) is 0 Å².